The zero-order chi connectivity index (χ0) is 14.0. The molecule has 0 saturated carbocycles. The van der Waals surface area contributed by atoms with Crippen LogP contribution in [0.2, 0.25) is 0 Å². The van der Waals surface area contributed by atoms with Crippen LogP contribution in [0.1, 0.15) is 25.3 Å². The van der Waals surface area contributed by atoms with Crippen LogP contribution < -0.4 is 4.74 Å². The van der Waals surface area contributed by atoms with Crippen LogP contribution in [-0.2, 0) is 10.8 Å². The van der Waals surface area contributed by atoms with Gasteiger partial charge in [0.2, 0.25) is 0 Å². The van der Waals surface area contributed by atoms with Gasteiger partial charge in [-0.1, -0.05) is 43.7 Å². The summed E-state index contributed by atoms with van der Waals surface area (Å²) in [5.41, 5.74) is 1.15. The van der Waals surface area contributed by atoms with Crippen molar-refractivity contribution in [3.05, 3.63) is 60.2 Å². The molecule has 0 amide bonds. The van der Waals surface area contributed by atoms with E-state index in [0.717, 1.165) is 35.7 Å². The molecule has 0 aromatic heterocycles. The third-order valence-electron chi connectivity index (χ3n) is 2.81. The van der Waals surface area contributed by atoms with E-state index < -0.39 is 0 Å². The van der Waals surface area contributed by atoms with Crippen LogP contribution in [0.25, 0.3) is 0 Å². The number of benzene rings is 2. The normalized spacial score (nSPS) is 8.36. The molecule has 146 valence electrons. The van der Waals surface area contributed by atoms with Crippen molar-refractivity contribution in [2.45, 2.75) is 31.3 Å². The van der Waals surface area contributed by atoms with Gasteiger partial charge in [-0.25, -0.2) is 0 Å². The van der Waals surface area contributed by atoms with E-state index in [2.05, 4.69) is 6.92 Å². The Hall–Kier alpha value is -1.80. The first-order valence-corrected chi connectivity index (χ1v) is 7.69. The fourth-order valence-electron chi connectivity index (χ4n) is 1.66. The highest BCUT2D eigenvalue weighted by molar-refractivity contribution is 7.94. The summed E-state index contributed by atoms with van der Waals surface area (Å²) < 4.78 is 11.2. The second-order valence-electron chi connectivity index (χ2n) is 4.50. The second kappa shape index (κ2) is 18.5. The number of halogens is 5. The van der Waals surface area contributed by atoms with Gasteiger partial charge in [0.25, 0.3) is 0 Å². The molecule has 0 bridgehead atoms. The zero-order valence-corrected chi connectivity index (χ0v) is 14.6. The SMILES string of the molecule is CCCCOc1ccc(COSc2ccccc2)cc1.F.F.F.F.F. The molecule has 0 N–H and O–H groups in total. The standard InChI is InChI=1S/C17H20O2S.5FH/c1-2-3-13-18-16-11-9-15(10-12-16)14-19-20-17-7-5-4-6-8-17;;;;;/h4-12H,2-3,13-14H2,1H3;5*1H. The van der Waals surface area contributed by atoms with Gasteiger partial charge in [0.15, 0.2) is 0 Å². The third kappa shape index (κ3) is 12.2. The molecule has 2 rings (SSSR count). The molecule has 0 aliphatic carbocycles. The third-order valence-corrected chi connectivity index (χ3v) is 3.51. The predicted octanol–water partition coefficient (Wildman–Crippen LogP) is 5.85. The molecule has 25 heavy (non-hydrogen) atoms. The van der Waals surface area contributed by atoms with Crippen molar-refractivity contribution in [3.63, 3.8) is 0 Å². The summed E-state index contributed by atoms with van der Waals surface area (Å²) in [7, 11) is 0. The Labute approximate surface area is 149 Å². The molecule has 0 saturated heterocycles. The lowest BCUT2D eigenvalue weighted by Gasteiger charge is -2.07. The minimum atomic E-state index is 0. The lowest BCUT2D eigenvalue weighted by molar-refractivity contribution is 0.309. The fourth-order valence-corrected chi connectivity index (χ4v) is 2.26. The van der Waals surface area contributed by atoms with Gasteiger partial charge in [-0.05, 0) is 36.2 Å². The molecule has 0 atom stereocenters. The molecule has 0 radical (unpaired) electrons. The molecule has 0 heterocycles. The van der Waals surface area contributed by atoms with Crippen LogP contribution in [0.4, 0.5) is 23.5 Å². The lowest BCUT2D eigenvalue weighted by atomic mass is 10.2. The highest BCUT2D eigenvalue weighted by Crippen LogP contribution is 2.21. The minimum absolute atomic E-state index is 0. The Morgan fingerprint density at radius 2 is 1.40 bits per heavy atom. The Bertz CT molecular complexity index is 500. The summed E-state index contributed by atoms with van der Waals surface area (Å²) in [6.45, 7) is 3.54. The minimum Gasteiger partial charge on any atom is -0.494 e. The van der Waals surface area contributed by atoms with Crippen LogP contribution in [-0.4, -0.2) is 6.61 Å². The van der Waals surface area contributed by atoms with Crippen molar-refractivity contribution in [1.29, 1.82) is 0 Å². The molecule has 0 unspecified atom stereocenters. The highest BCUT2D eigenvalue weighted by atomic mass is 32.2. The summed E-state index contributed by atoms with van der Waals surface area (Å²) in [4.78, 5) is 1.12. The van der Waals surface area contributed by atoms with Crippen molar-refractivity contribution in [2.75, 3.05) is 6.61 Å². The number of unbranched alkanes of at least 4 members (excludes halogenated alkanes) is 1. The van der Waals surface area contributed by atoms with Gasteiger partial charge < -0.3 is 8.92 Å². The maximum absolute atomic E-state index is 5.63. The first kappa shape index (κ1) is 31.0. The predicted molar refractivity (Wildman–Crippen MR) is 96.4 cm³/mol. The number of ether oxygens (including phenoxy) is 1. The van der Waals surface area contributed by atoms with E-state index in [1.807, 2.05) is 54.6 Å². The number of rotatable bonds is 8. The van der Waals surface area contributed by atoms with Gasteiger partial charge in [0, 0.05) is 16.9 Å². The molecular formula is C17H25F5O2S. The van der Waals surface area contributed by atoms with E-state index in [1.165, 1.54) is 12.0 Å². The molecule has 0 aliphatic heterocycles. The Balaban J connectivity index is -0.000000441. The van der Waals surface area contributed by atoms with E-state index in [-0.39, 0.29) is 23.5 Å². The summed E-state index contributed by atoms with van der Waals surface area (Å²) in [6, 6.07) is 18.2. The molecule has 0 spiro atoms. The van der Waals surface area contributed by atoms with E-state index in [9.17, 15) is 0 Å². The summed E-state index contributed by atoms with van der Waals surface area (Å²) >= 11 is 1.41. The lowest BCUT2D eigenvalue weighted by Crippen LogP contribution is -1.96. The van der Waals surface area contributed by atoms with Gasteiger partial charge in [-0.15, -0.1) is 0 Å². The number of hydrogen-bond donors (Lipinski definition) is 0. The molecule has 2 aromatic carbocycles. The molecule has 2 aromatic rings. The Morgan fingerprint density at radius 3 is 1.96 bits per heavy atom. The second-order valence-corrected chi connectivity index (χ2v) is 5.38. The first-order chi connectivity index (χ1) is 9.88. The smallest absolute Gasteiger partial charge is 0.119 e. The molecular weight excluding hydrogens is 363 g/mol. The van der Waals surface area contributed by atoms with Crippen LogP contribution >= 0.6 is 12.0 Å². The monoisotopic (exact) mass is 388 g/mol. The Morgan fingerprint density at radius 1 is 0.800 bits per heavy atom. The first-order valence-electron chi connectivity index (χ1n) is 6.94. The van der Waals surface area contributed by atoms with E-state index in [1.54, 1.807) is 0 Å². The van der Waals surface area contributed by atoms with Crippen molar-refractivity contribution in [3.8, 4) is 5.75 Å². The van der Waals surface area contributed by atoms with E-state index in [0.29, 0.717) is 6.61 Å². The fraction of sp³-hybridized carbons (Fsp3) is 0.294. The maximum Gasteiger partial charge on any atom is 0.119 e. The number of hydrogen-bond acceptors (Lipinski definition) is 3. The van der Waals surface area contributed by atoms with Gasteiger partial charge in [0.05, 0.1) is 13.2 Å². The molecule has 8 heteroatoms. The van der Waals surface area contributed by atoms with Crippen LogP contribution in [0, 0.1) is 0 Å². The largest absolute Gasteiger partial charge is 0.494 e. The zero-order valence-electron chi connectivity index (χ0n) is 13.8. The van der Waals surface area contributed by atoms with Gasteiger partial charge in [-0.3, -0.25) is 23.5 Å². The Kier molecular flexibility index (Phi) is 23.0. The van der Waals surface area contributed by atoms with Crippen LogP contribution in [0.15, 0.2) is 59.5 Å². The highest BCUT2D eigenvalue weighted by Gasteiger charge is 1.98. The summed E-state index contributed by atoms with van der Waals surface area (Å²) in [5, 5.41) is 0. The van der Waals surface area contributed by atoms with Crippen molar-refractivity contribution in [1.82, 2.24) is 0 Å². The average Bonchev–Trinajstić information content (AvgIpc) is 2.50. The topological polar surface area (TPSA) is 18.5 Å². The maximum atomic E-state index is 5.63. The molecule has 0 fully saturated rings. The molecule has 2 nitrogen and oxygen atoms in total. The van der Waals surface area contributed by atoms with Crippen LogP contribution in [0.3, 0.4) is 0 Å². The average molecular weight is 388 g/mol. The van der Waals surface area contributed by atoms with E-state index in [4.69, 9.17) is 8.92 Å². The summed E-state index contributed by atoms with van der Waals surface area (Å²) in [6.07, 6.45) is 2.25. The van der Waals surface area contributed by atoms with Gasteiger partial charge >= 0.3 is 0 Å². The van der Waals surface area contributed by atoms with Crippen molar-refractivity contribution in [2.24, 2.45) is 0 Å². The molecule has 0 aliphatic rings. The van der Waals surface area contributed by atoms with Crippen molar-refractivity contribution >= 4 is 12.0 Å². The van der Waals surface area contributed by atoms with Crippen molar-refractivity contribution < 1.29 is 32.4 Å². The van der Waals surface area contributed by atoms with Gasteiger partial charge in [-0.2, -0.15) is 0 Å². The van der Waals surface area contributed by atoms with Crippen LogP contribution in [0.5, 0.6) is 5.75 Å². The van der Waals surface area contributed by atoms with E-state index >= 15 is 0 Å². The van der Waals surface area contributed by atoms with Gasteiger partial charge in [0.1, 0.15) is 5.75 Å². The quantitative estimate of drug-likeness (QED) is 0.321. The summed E-state index contributed by atoms with van der Waals surface area (Å²) in [5.74, 6) is 0.929.